The second-order valence-corrected chi connectivity index (χ2v) is 14.0. The molecule has 107 valence electrons. The quantitative estimate of drug-likeness (QED) is 0.433. The van der Waals surface area contributed by atoms with Gasteiger partial charge in [0.2, 0.25) is 0 Å². The van der Waals surface area contributed by atoms with Gasteiger partial charge >= 0.3 is 134 Å². The second kappa shape index (κ2) is 6.60. The average molecular weight is 557 g/mol. The van der Waals surface area contributed by atoms with Crippen LogP contribution in [0.4, 0.5) is 0 Å². The van der Waals surface area contributed by atoms with Gasteiger partial charge < -0.3 is 0 Å². The Hall–Kier alpha value is -0.411. The first-order valence-electron chi connectivity index (χ1n) is 7.65. The summed E-state index contributed by atoms with van der Waals surface area (Å²) in [4.78, 5) is 5.08. The van der Waals surface area contributed by atoms with Crippen LogP contribution in [-0.4, -0.2) is 19.8 Å². The van der Waals surface area contributed by atoms with Crippen molar-refractivity contribution in [2.75, 3.05) is 0 Å². The van der Waals surface area contributed by atoms with E-state index >= 15 is 0 Å². The van der Waals surface area contributed by atoms with Crippen molar-refractivity contribution in [3.8, 4) is 11.1 Å². The van der Waals surface area contributed by atoms with Gasteiger partial charge in [-0.3, -0.25) is 0 Å². The van der Waals surface area contributed by atoms with Crippen molar-refractivity contribution >= 4 is 25.3 Å². The summed E-state index contributed by atoms with van der Waals surface area (Å²) in [6.45, 7) is 0. The summed E-state index contributed by atoms with van der Waals surface area (Å²) in [5.74, 6) is 0. The normalized spacial score (nSPS) is 18.0. The molecule has 0 fully saturated rings. The van der Waals surface area contributed by atoms with E-state index in [-0.39, 0.29) is 25.8 Å². The molecule has 2 aliphatic carbocycles. The van der Waals surface area contributed by atoms with Crippen molar-refractivity contribution in [1.82, 2.24) is 0 Å². The first-order valence-corrected chi connectivity index (χ1v) is 15.0. The smallest absolute Gasteiger partial charge is 0 e. The number of hydrogen-bond donors (Lipinski definition) is 0. The fourth-order valence-corrected chi connectivity index (χ4v) is 8.82. The van der Waals surface area contributed by atoms with Crippen LogP contribution in [0.2, 0.25) is 9.88 Å². The maximum atomic E-state index is 2.54. The third-order valence-corrected chi connectivity index (χ3v) is 9.66. The molecule has 0 aliphatic heterocycles. The van der Waals surface area contributed by atoms with Gasteiger partial charge in [0.1, 0.15) is 0 Å². The zero-order valence-corrected chi connectivity index (χ0v) is 19.5. The van der Waals surface area contributed by atoms with Crippen molar-refractivity contribution in [2.45, 2.75) is 20.2 Å². The molecule has 0 saturated heterocycles. The monoisotopic (exact) mass is 559 g/mol. The summed E-state index contributed by atoms with van der Waals surface area (Å²) >= 11 is -1.41. The Kier molecular flexibility index (Phi) is 4.94. The summed E-state index contributed by atoms with van der Waals surface area (Å²) in [5.41, 5.74) is 9.18. The summed E-state index contributed by atoms with van der Waals surface area (Å²) in [6.07, 6.45) is 7.85. The van der Waals surface area contributed by atoms with Crippen molar-refractivity contribution in [1.29, 1.82) is 0 Å². The third kappa shape index (κ3) is 2.54. The van der Waals surface area contributed by atoms with E-state index < -0.39 is 19.8 Å². The van der Waals surface area contributed by atoms with Gasteiger partial charge in [-0.05, 0) is 0 Å². The van der Waals surface area contributed by atoms with Crippen LogP contribution in [0.5, 0.6) is 0 Å². The van der Waals surface area contributed by atoms with E-state index in [4.69, 9.17) is 0 Å². The van der Waals surface area contributed by atoms with Crippen LogP contribution in [0, 0.1) is 0 Å². The molecule has 0 N–H and O–H groups in total. The molecule has 0 nitrogen and oxygen atoms in total. The zero-order chi connectivity index (χ0) is 14.4. The van der Waals surface area contributed by atoms with Gasteiger partial charge in [0, 0.05) is 25.8 Å². The predicted molar refractivity (Wildman–Crippen MR) is 92.9 cm³/mol. The summed E-state index contributed by atoms with van der Waals surface area (Å²) in [5, 5.41) is 0. The van der Waals surface area contributed by atoms with Crippen molar-refractivity contribution in [3.05, 3.63) is 77.4 Å². The van der Waals surface area contributed by atoms with Crippen LogP contribution in [0.1, 0.15) is 27.0 Å². The van der Waals surface area contributed by atoms with Crippen LogP contribution in [-0.2, 0) is 25.8 Å². The van der Waals surface area contributed by atoms with Gasteiger partial charge in [-0.25, -0.2) is 0 Å². The van der Waals surface area contributed by atoms with Crippen LogP contribution in [0.3, 0.4) is 0 Å². The average Bonchev–Trinajstić information content (AvgIpc) is 3.12. The largest absolute Gasteiger partial charge is 0 e. The SMILES string of the molecule is [CH3][Sn]([CH3])[CH]1c2ccccc2-c2cccc(C3=CC=CC3)c21.[Hf]. The van der Waals surface area contributed by atoms with E-state index in [1.165, 1.54) is 22.3 Å². The molecule has 4 rings (SSSR count). The Morgan fingerprint density at radius 3 is 2.36 bits per heavy atom. The topological polar surface area (TPSA) is 0 Å². The van der Waals surface area contributed by atoms with Crippen molar-refractivity contribution in [2.24, 2.45) is 0 Å². The fourth-order valence-electron chi connectivity index (χ4n) is 3.79. The number of allylic oxidation sites excluding steroid dienone is 4. The molecule has 0 amide bonds. The molecule has 22 heavy (non-hydrogen) atoms. The molecule has 0 aromatic heterocycles. The molecule has 2 aliphatic rings. The second-order valence-electron chi connectivity index (χ2n) is 6.19. The first-order chi connectivity index (χ1) is 10.3. The Labute approximate surface area is 158 Å². The van der Waals surface area contributed by atoms with Crippen molar-refractivity contribution in [3.63, 3.8) is 0 Å². The van der Waals surface area contributed by atoms with Crippen molar-refractivity contribution < 1.29 is 25.8 Å². The third-order valence-electron chi connectivity index (χ3n) is 4.65. The van der Waals surface area contributed by atoms with Crippen LogP contribution in [0.15, 0.2) is 60.7 Å². The number of hydrogen-bond acceptors (Lipinski definition) is 0. The molecule has 1 unspecified atom stereocenters. The molecule has 0 spiro atoms. The summed E-state index contributed by atoms with van der Waals surface area (Å²) < 4.78 is 0.719. The molecular formula is C20H19HfSn. The van der Waals surface area contributed by atoms with Gasteiger partial charge in [-0.2, -0.15) is 0 Å². The minimum absolute atomic E-state index is 0. The van der Waals surface area contributed by atoms with Crippen LogP contribution >= 0.6 is 0 Å². The molecule has 2 heteroatoms. The molecule has 2 aromatic rings. The zero-order valence-electron chi connectivity index (χ0n) is 13.1. The molecule has 2 aromatic carbocycles. The maximum absolute atomic E-state index is 2.54. The first kappa shape index (κ1) is 16.4. The van der Waals surface area contributed by atoms with E-state index in [1.54, 1.807) is 11.1 Å². The molecule has 1 radical (unpaired) electrons. The minimum Gasteiger partial charge on any atom is 0 e. The molecule has 0 saturated carbocycles. The Balaban J connectivity index is 0.00000144. The Bertz CT molecular complexity index is 771. The summed E-state index contributed by atoms with van der Waals surface area (Å²) in [7, 11) is 0. The van der Waals surface area contributed by atoms with E-state index in [2.05, 4.69) is 70.6 Å². The summed E-state index contributed by atoms with van der Waals surface area (Å²) in [6, 6.07) is 16.0. The molecule has 0 heterocycles. The maximum Gasteiger partial charge on any atom is 0 e. The van der Waals surface area contributed by atoms with E-state index in [0.29, 0.717) is 0 Å². The van der Waals surface area contributed by atoms with Gasteiger partial charge in [-0.15, -0.1) is 0 Å². The molecular weight excluding hydrogens is 537 g/mol. The number of rotatable bonds is 2. The van der Waals surface area contributed by atoms with E-state index in [0.717, 1.165) is 10.4 Å². The van der Waals surface area contributed by atoms with Gasteiger partial charge in [-0.1, -0.05) is 0 Å². The predicted octanol–water partition coefficient (Wildman–Crippen LogP) is 5.43. The van der Waals surface area contributed by atoms with Gasteiger partial charge in [0.05, 0.1) is 0 Å². The number of fused-ring (bicyclic) bond motifs is 3. The Morgan fingerprint density at radius 1 is 0.909 bits per heavy atom. The van der Waals surface area contributed by atoms with E-state index in [9.17, 15) is 0 Å². The van der Waals surface area contributed by atoms with Crippen LogP contribution < -0.4 is 0 Å². The van der Waals surface area contributed by atoms with Crippen LogP contribution in [0.25, 0.3) is 16.7 Å². The fraction of sp³-hybridized carbons (Fsp3) is 0.200. The van der Waals surface area contributed by atoms with Gasteiger partial charge in [0.15, 0.2) is 0 Å². The van der Waals surface area contributed by atoms with Gasteiger partial charge in [0.25, 0.3) is 0 Å². The minimum atomic E-state index is -1.41. The van der Waals surface area contributed by atoms with E-state index in [1.807, 2.05) is 0 Å². The standard InChI is InChI=1S/C18H13.2CH3.Hf.Sn/c1-2-7-13(6-1)15-10-5-11-17-16-9-4-3-8-14(16)12-18(15)17;;;;/h1-6,8-12H,7H2;2*1H3;;. The number of benzene rings is 2. The molecule has 0 bridgehead atoms. The molecule has 1 atom stereocenters. The Morgan fingerprint density at radius 2 is 1.64 bits per heavy atom.